The summed E-state index contributed by atoms with van der Waals surface area (Å²) in [5, 5.41) is 16.0. The predicted molar refractivity (Wildman–Crippen MR) is 90.2 cm³/mol. The Bertz CT molecular complexity index is 578. The van der Waals surface area contributed by atoms with Gasteiger partial charge >= 0.3 is 0 Å². The van der Waals surface area contributed by atoms with Gasteiger partial charge in [0.1, 0.15) is 5.75 Å². The van der Waals surface area contributed by atoms with Crippen molar-refractivity contribution < 1.29 is 5.11 Å². The molecule has 118 valence electrons. The molecule has 0 saturated carbocycles. The second kappa shape index (κ2) is 8.77. The van der Waals surface area contributed by atoms with E-state index in [1.165, 1.54) is 0 Å². The lowest BCUT2D eigenvalue weighted by atomic mass is 10.1. The van der Waals surface area contributed by atoms with Gasteiger partial charge in [0.05, 0.1) is 0 Å². The lowest BCUT2D eigenvalue weighted by molar-refractivity contribution is 0.474. The Balaban J connectivity index is 1.78. The third-order valence-electron chi connectivity index (χ3n) is 3.25. The molecule has 5 nitrogen and oxygen atoms in total. The van der Waals surface area contributed by atoms with Gasteiger partial charge in [0.15, 0.2) is 5.96 Å². The standard InChI is InChI=1S/C17H24N4O/c1-2-18-17(20-10-13-21-11-3-4-12-21)19-9-8-15-6-5-7-16(22)14-15/h3-7,11-12,14,22H,2,8-10,13H2,1H3,(H2,18,19,20). The van der Waals surface area contributed by atoms with Gasteiger partial charge in [-0.25, -0.2) is 0 Å². The lowest BCUT2D eigenvalue weighted by Gasteiger charge is -2.11. The third-order valence-corrected chi connectivity index (χ3v) is 3.25. The zero-order valence-electron chi connectivity index (χ0n) is 13.0. The number of benzene rings is 1. The summed E-state index contributed by atoms with van der Waals surface area (Å²) < 4.78 is 2.13. The highest BCUT2D eigenvalue weighted by molar-refractivity contribution is 5.79. The number of hydrogen-bond donors (Lipinski definition) is 3. The zero-order chi connectivity index (χ0) is 15.6. The maximum absolute atomic E-state index is 9.45. The fourth-order valence-electron chi connectivity index (χ4n) is 2.17. The molecule has 2 aromatic rings. The fourth-order valence-corrected chi connectivity index (χ4v) is 2.17. The molecule has 5 heteroatoms. The fraction of sp³-hybridized carbons (Fsp3) is 0.353. The van der Waals surface area contributed by atoms with Crippen LogP contribution in [-0.2, 0) is 13.0 Å². The number of nitrogens with zero attached hydrogens (tertiary/aromatic N) is 2. The molecule has 0 unspecified atom stereocenters. The van der Waals surface area contributed by atoms with E-state index in [0.717, 1.165) is 37.6 Å². The highest BCUT2D eigenvalue weighted by atomic mass is 16.3. The van der Waals surface area contributed by atoms with E-state index in [2.05, 4.69) is 27.1 Å². The SMILES string of the molecule is CCNC(=NCCc1cccc(O)c1)NCCn1cccc1. The highest BCUT2D eigenvalue weighted by Crippen LogP contribution is 2.11. The van der Waals surface area contributed by atoms with E-state index in [9.17, 15) is 5.11 Å². The Labute approximate surface area is 131 Å². The Kier molecular flexibility index (Phi) is 6.36. The van der Waals surface area contributed by atoms with Crippen LogP contribution in [0.25, 0.3) is 0 Å². The first-order valence-corrected chi connectivity index (χ1v) is 7.69. The number of rotatable bonds is 7. The Morgan fingerprint density at radius 1 is 1.18 bits per heavy atom. The van der Waals surface area contributed by atoms with Gasteiger partial charge in [-0.3, -0.25) is 4.99 Å². The van der Waals surface area contributed by atoms with Crippen molar-refractivity contribution >= 4 is 5.96 Å². The summed E-state index contributed by atoms with van der Waals surface area (Å²) in [5.74, 6) is 1.13. The van der Waals surface area contributed by atoms with Crippen LogP contribution in [0, 0.1) is 0 Å². The average Bonchev–Trinajstić information content (AvgIpc) is 3.01. The molecule has 0 atom stereocenters. The van der Waals surface area contributed by atoms with Crippen LogP contribution in [0.15, 0.2) is 53.8 Å². The molecule has 0 saturated heterocycles. The summed E-state index contributed by atoms with van der Waals surface area (Å²) in [4.78, 5) is 4.56. The van der Waals surface area contributed by atoms with Crippen LogP contribution in [0.2, 0.25) is 0 Å². The normalized spacial score (nSPS) is 11.4. The van der Waals surface area contributed by atoms with Crippen molar-refractivity contribution in [3.63, 3.8) is 0 Å². The van der Waals surface area contributed by atoms with Crippen molar-refractivity contribution in [1.82, 2.24) is 15.2 Å². The van der Waals surface area contributed by atoms with Gasteiger partial charge < -0.3 is 20.3 Å². The molecule has 3 N–H and O–H groups in total. The van der Waals surface area contributed by atoms with Gasteiger partial charge in [-0.15, -0.1) is 0 Å². The van der Waals surface area contributed by atoms with Crippen LogP contribution in [-0.4, -0.2) is 35.3 Å². The molecule has 0 spiro atoms. The van der Waals surface area contributed by atoms with Crippen LogP contribution in [0.1, 0.15) is 12.5 Å². The molecule has 0 aliphatic carbocycles. The van der Waals surface area contributed by atoms with Gasteiger partial charge in [-0.05, 0) is 43.2 Å². The largest absolute Gasteiger partial charge is 0.508 e. The molecule has 0 aliphatic rings. The Hall–Kier alpha value is -2.43. The number of hydrogen-bond acceptors (Lipinski definition) is 2. The van der Waals surface area contributed by atoms with Gasteiger partial charge in [0.25, 0.3) is 0 Å². The molecule has 2 rings (SSSR count). The molecule has 0 bridgehead atoms. The monoisotopic (exact) mass is 300 g/mol. The van der Waals surface area contributed by atoms with Crippen LogP contribution in [0.4, 0.5) is 0 Å². The topological polar surface area (TPSA) is 61.6 Å². The number of guanidine groups is 1. The number of phenols is 1. The summed E-state index contributed by atoms with van der Waals surface area (Å²) in [7, 11) is 0. The van der Waals surface area contributed by atoms with Crippen molar-refractivity contribution in [2.24, 2.45) is 4.99 Å². The number of aromatic hydroxyl groups is 1. The van der Waals surface area contributed by atoms with E-state index >= 15 is 0 Å². The second-order valence-electron chi connectivity index (χ2n) is 5.03. The summed E-state index contributed by atoms with van der Waals surface area (Å²) in [6, 6.07) is 11.4. The molecule has 0 fully saturated rings. The molecule has 1 aromatic carbocycles. The average molecular weight is 300 g/mol. The van der Waals surface area contributed by atoms with Crippen molar-refractivity contribution in [3.8, 4) is 5.75 Å². The van der Waals surface area contributed by atoms with Crippen LogP contribution >= 0.6 is 0 Å². The number of aromatic nitrogens is 1. The minimum Gasteiger partial charge on any atom is -0.508 e. The maximum Gasteiger partial charge on any atom is 0.191 e. The van der Waals surface area contributed by atoms with E-state index < -0.39 is 0 Å². The van der Waals surface area contributed by atoms with E-state index in [0.29, 0.717) is 12.3 Å². The molecule has 0 amide bonds. The van der Waals surface area contributed by atoms with Crippen LogP contribution < -0.4 is 10.6 Å². The smallest absolute Gasteiger partial charge is 0.191 e. The maximum atomic E-state index is 9.45. The predicted octanol–water partition coefficient (Wildman–Crippen LogP) is 1.99. The van der Waals surface area contributed by atoms with Gasteiger partial charge in [-0.1, -0.05) is 12.1 Å². The van der Waals surface area contributed by atoms with Gasteiger partial charge in [-0.2, -0.15) is 0 Å². The highest BCUT2D eigenvalue weighted by Gasteiger charge is 1.98. The molecular weight excluding hydrogens is 276 g/mol. The van der Waals surface area contributed by atoms with Gasteiger partial charge in [0, 0.05) is 38.6 Å². The Morgan fingerprint density at radius 2 is 2.00 bits per heavy atom. The zero-order valence-corrected chi connectivity index (χ0v) is 13.0. The molecule has 0 aliphatic heterocycles. The Morgan fingerprint density at radius 3 is 2.73 bits per heavy atom. The molecule has 22 heavy (non-hydrogen) atoms. The first-order chi connectivity index (χ1) is 10.8. The number of phenolic OH excluding ortho intramolecular Hbond substituents is 1. The van der Waals surface area contributed by atoms with Crippen molar-refractivity contribution in [3.05, 3.63) is 54.4 Å². The minimum absolute atomic E-state index is 0.304. The first kappa shape index (κ1) is 15.9. The van der Waals surface area contributed by atoms with Crippen molar-refractivity contribution in [1.29, 1.82) is 0 Å². The summed E-state index contributed by atoms with van der Waals surface area (Å²) in [6.07, 6.45) is 4.91. The van der Waals surface area contributed by atoms with Crippen LogP contribution in [0.5, 0.6) is 5.75 Å². The van der Waals surface area contributed by atoms with Crippen LogP contribution in [0.3, 0.4) is 0 Å². The van der Waals surface area contributed by atoms with Gasteiger partial charge in [0.2, 0.25) is 0 Å². The van der Waals surface area contributed by atoms with Crippen molar-refractivity contribution in [2.75, 3.05) is 19.6 Å². The lowest BCUT2D eigenvalue weighted by Crippen LogP contribution is -2.39. The third kappa shape index (κ3) is 5.52. The molecule has 1 aromatic heterocycles. The molecule has 0 radical (unpaired) electrons. The number of nitrogens with one attached hydrogen (secondary N) is 2. The van der Waals surface area contributed by atoms with E-state index in [1.807, 2.05) is 36.7 Å². The summed E-state index contributed by atoms with van der Waals surface area (Å²) >= 11 is 0. The summed E-state index contributed by atoms with van der Waals surface area (Å²) in [5.41, 5.74) is 1.09. The first-order valence-electron chi connectivity index (χ1n) is 7.69. The minimum atomic E-state index is 0.304. The molecule has 1 heterocycles. The van der Waals surface area contributed by atoms with E-state index in [1.54, 1.807) is 12.1 Å². The number of aliphatic imine (C=N–C) groups is 1. The summed E-state index contributed by atoms with van der Waals surface area (Å²) in [6.45, 7) is 5.30. The quantitative estimate of drug-likeness (QED) is 0.541. The van der Waals surface area contributed by atoms with Crippen molar-refractivity contribution in [2.45, 2.75) is 19.9 Å². The van der Waals surface area contributed by atoms with E-state index in [4.69, 9.17) is 0 Å². The van der Waals surface area contributed by atoms with E-state index in [-0.39, 0.29) is 0 Å². The second-order valence-corrected chi connectivity index (χ2v) is 5.03. The molecular formula is C17H24N4O.